The maximum atomic E-state index is 11.7. The van der Waals surface area contributed by atoms with Crippen molar-refractivity contribution in [3.8, 4) is 0 Å². The number of amides is 1. The van der Waals surface area contributed by atoms with E-state index in [4.69, 9.17) is 5.84 Å². The van der Waals surface area contributed by atoms with Crippen LogP contribution < -0.4 is 16.6 Å². The first-order valence-electron chi connectivity index (χ1n) is 5.81. The fourth-order valence-electron chi connectivity index (χ4n) is 1.50. The van der Waals surface area contributed by atoms with E-state index >= 15 is 0 Å². The summed E-state index contributed by atoms with van der Waals surface area (Å²) in [7, 11) is 1.74. The molecule has 102 valence electrons. The second kappa shape index (κ2) is 5.48. The van der Waals surface area contributed by atoms with Crippen LogP contribution >= 0.6 is 0 Å². The molecule has 0 saturated carbocycles. The molecule has 5 N–H and O–H groups in total. The van der Waals surface area contributed by atoms with Gasteiger partial charge in [0.2, 0.25) is 11.9 Å². The van der Waals surface area contributed by atoms with E-state index in [0.29, 0.717) is 23.4 Å². The van der Waals surface area contributed by atoms with Gasteiger partial charge in [-0.15, -0.1) is 0 Å². The molecule has 19 heavy (non-hydrogen) atoms. The lowest BCUT2D eigenvalue weighted by atomic mass is 10.4. The van der Waals surface area contributed by atoms with Crippen molar-refractivity contribution in [3.05, 3.63) is 6.20 Å². The Morgan fingerprint density at radius 1 is 1.53 bits per heavy atom. The summed E-state index contributed by atoms with van der Waals surface area (Å²) in [6.07, 6.45) is 1.59. The van der Waals surface area contributed by atoms with Gasteiger partial charge in [0.1, 0.15) is 5.82 Å². The van der Waals surface area contributed by atoms with Crippen LogP contribution in [0.2, 0.25) is 0 Å². The Bertz CT molecular complexity index is 580. The van der Waals surface area contributed by atoms with Crippen LogP contribution in [0.15, 0.2) is 6.20 Å². The number of nitrogens with zero attached hydrogens (tertiary/aromatic N) is 4. The smallest absolute Gasteiger partial charge is 0.241 e. The topological polar surface area (TPSA) is 125 Å². The Hall–Kier alpha value is -2.42. The van der Waals surface area contributed by atoms with E-state index in [-0.39, 0.29) is 18.4 Å². The maximum absolute atomic E-state index is 11.7. The second-order valence-corrected chi connectivity index (χ2v) is 3.93. The molecule has 0 spiro atoms. The van der Waals surface area contributed by atoms with Crippen molar-refractivity contribution in [2.24, 2.45) is 5.84 Å². The number of H-pyrrole nitrogens is 1. The number of carbonyl (C=O) groups is 1. The molecule has 0 atom stereocenters. The van der Waals surface area contributed by atoms with Crippen molar-refractivity contribution < 1.29 is 4.79 Å². The highest BCUT2D eigenvalue weighted by molar-refractivity contribution is 5.89. The number of carbonyl (C=O) groups excluding carboxylic acids is 1. The molecular formula is C10H16N8O. The molecule has 0 unspecified atom stereocenters. The molecule has 9 heteroatoms. The van der Waals surface area contributed by atoms with Crippen LogP contribution in [0.1, 0.15) is 6.92 Å². The van der Waals surface area contributed by atoms with E-state index in [0.717, 1.165) is 0 Å². The SMILES string of the molecule is CCN(C)C(=O)CNc1nc(NN)nc2[nH]ncc12. The lowest BCUT2D eigenvalue weighted by molar-refractivity contribution is -0.127. The summed E-state index contributed by atoms with van der Waals surface area (Å²) in [6.45, 7) is 2.71. The van der Waals surface area contributed by atoms with E-state index in [1.807, 2.05) is 6.92 Å². The monoisotopic (exact) mass is 264 g/mol. The summed E-state index contributed by atoms with van der Waals surface area (Å²) < 4.78 is 0. The molecule has 0 radical (unpaired) electrons. The molecule has 0 aliphatic rings. The number of nitrogens with one attached hydrogen (secondary N) is 3. The first-order valence-corrected chi connectivity index (χ1v) is 5.81. The third-order valence-electron chi connectivity index (χ3n) is 2.75. The molecule has 0 aliphatic carbocycles. The van der Waals surface area contributed by atoms with Crippen molar-refractivity contribution >= 4 is 28.7 Å². The number of hydrogen-bond donors (Lipinski definition) is 4. The lowest BCUT2D eigenvalue weighted by Gasteiger charge is -2.15. The van der Waals surface area contributed by atoms with Gasteiger partial charge >= 0.3 is 0 Å². The fourth-order valence-corrected chi connectivity index (χ4v) is 1.50. The van der Waals surface area contributed by atoms with E-state index in [2.05, 4.69) is 30.9 Å². The fraction of sp³-hybridized carbons (Fsp3) is 0.400. The van der Waals surface area contributed by atoms with Gasteiger partial charge in [0.15, 0.2) is 5.65 Å². The van der Waals surface area contributed by atoms with Gasteiger partial charge in [-0.2, -0.15) is 15.1 Å². The van der Waals surface area contributed by atoms with Gasteiger partial charge in [-0.25, -0.2) is 5.84 Å². The molecule has 0 saturated heterocycles. The number of fused-ring (bicyclic) bond motifs is 1. The Kier molecular flexibility index (Phi) is 3.76. The number of hydrogen-bond acceptors (Lipinski definition) is 7. The van der Waals surface area contributed by atoms with Gasteiger partial charge < -0.3 is 10.2 Å². The highest BCUT2D eigenvalue weighted by atomic mass is 16.2. The average Bonchev–Trinajstić information content (AvgIpc) is 2.91. The number of aromatic amines is 1. The molecule has 9 nitrogen and oxygen atoms in total. The number of aromatic nitrogens is 4. The summed E-state index contributed by atoms with van der Waals surface area (Å²) in [5, 5.41) is 10.3. The summed E-state index contributed by atoms with van der Waals surface area (Å²) in [6, 6.07) is 0. The molecule has 0 bridgehead atoms. The van der Waals surface area contributed by atoms with Gasteiger partial charge in [-0.1, -0.05) is 0 Å². The molecule has 0 aromatic carbocycles. The lowest BCUT2D eigenvalue weighted by Crippen LogP contribution is -2.32. The van der Waals surface area contributed by atoms with Gasteiger partial charge in [-0.05, 0) is 6.92 Å². The summed E-state index contributed by atoms with van der Waals surface area (Å²) in [5.41, 5.74) is 2.91. The Morgan fingerprint density at radius 2 is 2.32 bits per heavy atom. The van der Waals surface area contributed by atoms with E-state index in [1.54, 1.807) is 18.1 Å². The van der Waals surface area contributed by atoms with Gasteiger partial charge in [0.05, 0.1) is 18.1 Å². The molecule has 0 aliphatic heterocycles. The molecule has 1 amide bonds. The average molecular weight is 264 g/mol. The summed E-state index contributed by atoms with van der Waals surface area (Å²) in [5.74, 6) is 6.01. The van der Waals surface area contributed by atoms with Gasteiger partial charge in [0.25, 0.3) is 0 Å². The zero-order chi connectivity index (χ0) is 13.8. The predicted molar refractivity (Wildman–Crippen MR) is 71.3 cm³/mol. The Morgan fingerprint density at radius 3 is 3.00 bits per heavy atom. The number of nitrogens with two attached hydrogens (primary N) is 1. The van der Waals surface area contributed by atoms with Gasteiger partial charge in [-0.3, -0.25) is 15.3 Å². The highest BCUT2D eigenvalue weighted by Crippen LogP contribution is 2.19. The van der Waals surface area contributed by atoms with Crippen molar-refractivity contribution in [2.45, 2.75) is 6.92 Å². The number of likely N-dealkylation sites (N-methyl/N-ethyl adjacent to an activating group) is 1. The standard InChI is InChI=1S/C10H16N8O/c1-3-18(2)7(19)5-12-8-6-4-13-17-9(6)15-10(14-8)16-11/h4H,3,5,11H2,1-2H3,(H3,12,13,14,15,16,17). The maximum Gasteiger partial charge on any atom is 0.241 e. The number of hydrazine groups is 1. The van der Waals surface area contributed by atoms with Crippen molar-refractivity contribution in [2.75, 3.05) is 30.9 Å². The van der Waals surface area contributed by atoms with Crippen LogP contribution in [0.5, 0.6) is 0 Å². The molecule has 2 aromatic rings. The minimum absolute atomic E-state index is 0.0278. The minimum Gasteiger partial charge on any atom is -0.360 e. The van der Waals surface area contributed by atoms with E-state index < -0.39 is 0 Å². The molecule has 2 aromatic heterocycles. The zero-order valence-electron chi connectivity index (χ0n) is 10.8. The number of rotatable bonds is 5. The molecular weight excluding hydrogens is 248 g/mol. The third-order valence-corrected chi connectivity index (χ3v) is 2.75. The van der Waals surface area contributed by atoms with Crippen LogP contribution in [-0.2, 0) is 4.79 Å². The Balaban J connectivity index is 2.19. The van der Waals surface area contributed by atoms with Crippen molar-refractivity contribution in [1.82, 2.24) is 25.1 Å². The van der Waals surface area contributed by atoms with Crippen molar-refractivity contribution in [3.63, 3.8) is 0 Å². The molecule has 2 heterocycles. The zero-order valence-corrected chi connectivity index (χ0v) is 10.8. The van der Waals surface area contributed by atoms with Gasteiger partial charge in [0, 0.05) is 13.6 Å². The summed E-state index contributed by atoms with van der Waals surface area (Å²) >= 11 is 0. The minimum atomic E-state index is -0.0278. The largest absolute Gasteiger partial charge is 0.360 e. The Labute approximate surface area is 109 Å². The van der Waals surface area contributed by atoms with Crippen LogP contribution in [-0.4, -0.2) is 51.1 Å². The quantitative estimate of drug-likeness (QED) is 0.425. The normalized spacial score (nSPS) is 10.5. The van der Waals surface area contributed by atoms with E-state index in [1.165, 1.54) is 0 Å². The number of anilines is 2. The molecule has 0 fully saturated rings. The second-order valence-electron chi connectivity index (χ2n) is 3.93. The predicted octanol–water partition coefficient (Wildman–Crippen LogP) is -0.471. The third kappa shape index (κ3) is 2.71. The van der Waals surface area contributed by atoms with Crippen LogP contribution in [0.25, 0.3) is 11.0 Å². The molecule has 2 rings (SSSR count). The van der Waals surface area contributed by atoms with Crippen molar-refractivity contribution in [1.29, 1.82) is 0 Å². The number of nitrogen functional groups attached to an aromatic ring is 1. The first kappa shape index (κ1) is 13.0. The first-order chi connectivity index (χ1) is 9.15. The summed E-state index contributed by atoms with van der Waals surface area (Å²) in [4.78, 5) is 21.6. The van der Waals surface area contributed by atoms with E-state index in [9.17, 15) is 4.79 Å². The van der Waals surface area contributed by atoms with Crippen LogP contribution in [0, 0.1) is 0 Å². The highest BCUT2D eigenvalue weighted by Gasteiger charge is 2.11. The van der Waals surface area contributed by atoms with Crippen LogP contribution in [0.4, 0.5) is 11.8 Å². The van der Waals surface area contributed by atoms with Crippen LogP contribution in [0.3, 0.4) is 0 Å².